The molecule has 0 aliphatic rings. The Balaban J connectivity index is 2.55. The molecule has 0 spiro atoms. The lowest BCUT2D eigenvalue weighted by atomic mass is 10.1. The molecule has 0 amide bonds. The summed E-state index contributed by atoms with van der Waals surface area (Å²) in [7, 11) is 0. The van der Waals surface area contributed by atoms with Gasteiger partial charge in [0.2, 0.25) is 0 Å². The van der Waals surface area contributed by atoms with Gasteiger partial charge in [0, 0.05) is 21.7 Å². The minimum absolute atomic E-state index is 0.0325. The van der Waals surface area contributed by atoms with Crippen LogP contribution in [-0.4, -0.2) is 4.40 Å². The van der Waals surface area contributed by atoms with Gasteiger partial charge in [-0.25, -0.2) is 0 Å². The van der Waals surface area contributed by atoms with Crippen molar-refractivity contribution in [1.82, 2.24) is 4.40 Å². The van der Waals surface area contributed by atoms with E-state index in [1.165, 1.54) is 0 Å². The molecule has 0 unspecified atom stereocenters. The van der Waals surface area contributed by atoms with Crippen LogP contribution in [0.3, 0.4) is 0 Å². The van der Waals surface area contributed by atoms with Crippen molar-refractivity contribution in [2.45, 2.75) is 6.92 Å². The molecule has 92 valence electrons. The van der Waals surface area contributed by atoms with Crippen LogP contribution in [0.25, 0.3) is 27.2 Å². The molecule has 4 rings (SSSR count). The Hall–Kier alpha value is -2.06. The van der Waals surface area contributed by atoms with Crippen LogP contribution in [0.5, 0.6) is 0 Å². The molecule has 2 aromatic carbocycles. The second-order valence-corrected chi connectivity index (χ2v) is 5.18. The van der Waals surface area contributed by atoms with Gasteiger partial charge in [0.05, 0.1) is 16.1 Å². The van der Waals surface area contributed by atoms with Crippen molar-refractivity contribution in [3.8, 4) is 0 Å². The number of fused-ring (bicyclic) bond motifs is 3. The van der Waals surface area contributed by atoms with E-state index in [0.29, 0.717) is 10.6 Å². The van der Waals surface area contributed by atoms with Crippen molar-refractivity contribution in [3.05, 3.63) is 63.4 Å². The van der Waals surface area contributed by atoms with E-state index in [1.54, 1.807) is 11.3 Å². The fourth-order valence-corrected chi connectivity index (χ4v) is 3.10. The summed E-state index contributed by atoms with van der Waals surface area (Å²) in [4.78, 5) is 12.5. The van der Waals surface area contributed by atoms with E-state index >= 15 is 0 Å². The average Bonchev–Trinajstić information content (AvgIpc) is 2.78. The summed E-state index contributed by atoms with van der Waals surface area (Å²) in [6.45, 7) is 1.78. The Kier molecular flexibility index (Phi) is 1.99. The normalized spacial score (nSPS) is 11.9. The van der Waals surface area contributed by atoms with Crippen LogP contribution in [0.15, 0.2) is 47.3 Å². The third kappa shape index (κ3) is 1.19. The third-order valence-corrected chi connectivity index (χ3v) is 4.27. The summed E-state index contributed by atoms with van der Waals surface area (Å²) in [6.07, 6.45) is 0. The molecule has 2 heterocycles. The van der Waals surface area contributed by atoms with Crippen LogP contribution in [-0.2, 0) is 0 Å². The molecule has 2 aromatic heterocycles. The molecule has 2 nitrogen and oxygen atoms in total. The van der Waals surface area contributed by atoms with Crippen LogP contribution in [0, 0.1) is 6.92 Å². The number of hydrogen-bond donors (Lipinski definition) is 0. The van der Waals surface area contributed by atoms with Crippen molar-refractivity contribution in [2.75, 3.05) is 0 Å². The second kappa shape index (κ2) is 3.49. The molecule has 19 heavy (non-hydrogen) atoms. The minimum Gasteiger partial charge on any atom is -0.275 e. The number of aromatic nitrogens is 1. The maximum Gasteiger partial charge on any atom is 0.260 e. The van der Waals surface area contributed by atoms with Gasteiger partial charge >= 0.3 is 0 Å². The number of pyridine rings is 1. The Bertz CT molecular complexity index is 1000. The number of hydrogen-bond acceptors (Lipinski definition) is 1. The van der Waals surface area contributed by atoms with E-state index in [0.717, 1.165) is 27.2 Å². The molecule has 0 aliphatic heterocycles. The van der Waals surface area contributed by atoms with Crippen molar-refractivity contribution >= 4 is 38.8 Å². The van der Waals surface area contributed by atoms with Gasteiger partial charge in [-0.05, 0) is 13.0 Å². The van der Waals surface area contributed by atoms with E-state index in [-0.39, 0.29) is 5.56 Å². The molecule has 3 heteroatoms. The van der Waals surface area contributed by atoms with Gasteiger partial charge in [-0.3, -0.25) is 9.20 Å². The van der Waals surface area contributed by atoms with E-state index in [2.05, 4.69) is 0 Å². The van der Waals surface area contributed by atoms with Gasteiger partial charge in [0.1, 0.15) is 0 Å². The highest BCUT2D eigenvalue weighted by atomic mass is 35.5. The van der Waals surface area contributed by atoms with Crippen LogP contribution in [0.1, 0.15) is 5.56 Å². The summed E-state index contributed by atoms with van der Waals surface area (Å²) in [5.41, 5.74) is 2.43. The largest absolute Gasteiger partial charge is 0.275 e. The highest BCUT2D eigenvalue weighted by Gasteiger charge is 2.17. The Labute approximate surface area is 114 Å². The topological polar surface area (TPSA) is 21.5 Å². The molecule has 0 N–H and O–H groups in total. The van der Waals surface area contributed by atoms with Crippen molar-refractivity contribution in [1.29, 1.82) is 0 Å². The molecule has 0 aliphatic carbocycles. The second-order valence-electron chi connectivity index (χ2n) is 4.80. The predicted octanol–water partition coefficient (Wildman–Crippen LogP) is 4.01. The molecule has 0 bridgehead atoms. The van der Waals surface area contributed by atoms with Gasteiger partial charge in [0.15, 0.2) is 0 Å². The summed E-state index contributed by atoms with van der Waals surface area (Å²) < 4.78 is 1.78. The van der Waals surface area contributed by atoms with Crippen molar-refractivity contribution < 1.29 is 0 Å². The highest BCUT2D eigenvalue weighted by molar-refractivity contribution is 6.37. The standard InChI is InChI=1S/C16H10ClNO/c1-9-14(17)12-7-4-6-11-10-5-2-3-8-13(10)18(15(11)12)16(9)19/h2-8H,1H3. The van der Waals surface area contributed by atoms with Gasteiger partial charge in [-0.2, -0.15) is 0 Å². The number of nitrogens with zero attached hydrogens (tertiary/aromatic N) is 1. The van der Waals surface area contributed by atoms with Crippen molar-refractivity contribution in [2.24, 2.45) is 0 Å². The molecular weight excluding hydrogens is 258 g/mol. The third-order valence-electron chi connectivity index (χ3n) is 3.78. The zero-order valence-electron chi connectivity index (χ0n) is 10.3. The molecule has 0 saturated carbocycles. The number of benzene rings is 2. The molecule has 0 fully saturated rings. The summed E-state index contributed by atoms with van der Waals surface area (Å²) >= 11 is 6.33. The quantitative estimate of drug-likeness (QED) is 0.472. The lowest BCUT2D eigenvalue weighted by molar-refractivity contribution is 1.14. The average molecular weight is 268 g/mol. The monoisotopic (exact) mass is 267 g/mol. The summed E-state index contributed by atoms with van der Waals surface area (Å²) in [5, 5.41) is 3.66. The minimum atomic E-state index is -0.0325. The number of rotatable bonds is 0. The lowest BCUT2D eigenvalue weighted by Gasteiger charge is -2.05. The maximum absolute atomic E-state index is 12.5. The predicted molar refractivity (Wildman–Crippen MR) is 79.6 cm³/mol. The molecule has 0 atom stereocenters. The van der Waals surface area contributed by atoms with Gasteiger partial charge in [0.25, 0.3) is 5.56 Å². The van der Waals surface area contributed by atoms with E-state index < -0.39 is 0 Å². The van der Waals surface area contributed by atoms with Gasteiger partial charge in [-0.15, -0.1) is 0 Å². The Morgan fingerprint density at radius 3 is 2.47 bits per heavy atom. The first-order valence-corrected chi connectivity index (χ1v) is 6.51. The number of halogens is 1. The lowest BCUT2D eigenvalue weighted by Crippen LogP contribution is -2.15. The van der Waals surface area contributed by atoms with Crippen LogP contribution in [0.2, 0.25) is 5.02 Å². The van der Waals surface area contributed by atoms with E-state index in [4.69, 9.17) is 11.6 Å². The van der Waals surface area contributed by atoms with Crippen LogP contribution >= 0.6 is 11.6 Å². The SMILES string of the molecule is Cc1c(Cl)c2cccc3c4ccccc4n(c1=O)c23. The zero-order valence-corrected chi connectivity index (χ0v) is 11.0. The first-order chi connectivity index (χ1) is 9.20. The fourth-order valence-electron chi connectivity index (χ4n) is 2.87. The zero-order chi connectivity index (χ0) is 13.1. The highest BCUT2D eigenvalue weighted by Crippen LogP contribution is 2.34. The first-order valence-electron chi connectivity index (χ1n) is 6.14. The molecule has 0 radical (unpaired) electrons. The smallest absolute Gasteiger partial charge is 0.260 e. The van der Waals surface area contributed by atoms with Crippen molar-refractivity contribution in [3.63, 3.8) is 0 Å². The maximum atomic E-state index is 12.5. The van der Waals surface area contributed by atoms with E-state index in [9.17, 15) is 4.79 Å². The van der Waals surface area contributed by atoms with Crippen LogP contribution < -0.4 is 5.56 Å². The molecular formula is C16H10ClNO. The summed E-state index contributed by atoms with van der Waals surface area (Å²) in [5.74, 6) is 0. The summed E-state index contributed by atoms with van der Waals surface area (Å²) in [6, 6.07) is 13.9. The van der Waals surface area contributed by atoms with Gasteiger partial charge < -0.3 is 0 Å². The Morgan fingerprint density at radius 2 is 1.63 bits per heavy atom. The Morgan fingerprint density at radius 1 is 0.947 bits per heavy atom. The fraction of sp³-hybridized carbons (Fsp3) is 0.0625. The first kappa shape index (κ1) is 10.8. The molecule has 0 saturated heterocycles. The number of para-hydroxylation sites is 2. The van der Waals surface area contributed by atoms with Crippen LogP contribution in [0.4, 0.5) is 0 Å². The molecule has 4 aromatic rings. The van der Waals surface area contributed by atoms with Gasteiger partial charge in [-0.1, -0.05) is 48.0 Å². The van der Waals surface area contributed by atoms with E-state index in [1.807, 2.05) is 42.5 Å².